The summed E-state index contributed by atoms with van der Waals surface area (Å²) in [6, 6.07) is 1.80. The summed E-state index contributed by atoms with van der Waals surface area (Å²) in [5, 5.41) is 3.57. The van der Waals surface area contributed by atoms with E-state index in [2.05, 4.69) is 17.1 Å². The van der Waals surface area contributed by atoms with Gasteiger partial charge in [0.25, 0.3) is 0 Å². The first kappa shape index (κ1) is 12.0. The van der Waals surface area contributed by atoms with Crippen LogP contribution in [0.4, 0.5) is 0 Å². The van der Waals surface area contributed by atoms with Gasteiger partial charge in [-0.15, -0.1) is 0 Å². The van der Waals surface area contributed by atoms with Gasteiger partial charge in [-0.2, -0.15) is 0 Å². The second kappa shape index (κ2) is 5.27. The molecule has 0 aromatic carbocycles. The highest BCUT2D eigenvalue weighted by Crippen LogP contribution is 2.47. The SMILES string of the molecule is CCNCC1CCCCN1C1CC2CCC1C2. The number of hydrogen-bond donors (Lipinski definition) is 1. The van der Waals surface area contributed by atoms with Crippen molar-refractivity contribution in [2.75, 3.05) is 19.6 Å². The largest absolute Gasteiger partial charge is 0.315 e. The van der Waals surface area contributed by atoms with Crippen LogP contribution in [0.5, 0.6) is 0 Å². The Morgan fingerprint density at radius 1 is 1.12 bits per heavy atom. The van der Waals surface area contributed by atoms with Crippen LogP contribution in [0.2, 0.25) is 0 Å². The first-order chi connectivity index (χ1) is 8.38. The third kappa shape index (κ3) is 2.39. The molecule has 0 spiro atoms. The van der Waals surface area contributed by atoms with Crippen molar-refractivity contribution in [1.29, 1.82) is 0 Å². The van der Waals surface area contributed by atoms with Crippen molar-refractivity contribution >= 4 is 0 Å². The Bertz CT molecular complexity index is 253. The topological polar surface area (TPSA) is 15.3 Å². The van der Waals surface area contributed by atoms with E-state index in [0.717, 1.165) is 30.5 Å². The molecule has 2 bridgehead atoms. The molecular weight excluding hydrogens is 208 g/mol. The van der Waals surface area contributed by atoms with E-state index in [-0.39, 0.29) is 0 Å². The molecule has 4 unspecified atom stereocenters. The standard InChI is InChI=1S/C15H28N2/c1-2-16-11-14-5-3-4-8-17(14)15-10-12-6-7-13(15)9-12/h12-16H,2-11H2,1H3. The molecular formula is C15H28N2. The van der Waals surface area contributed by atoms with Crippen molar-refractivity contribution in [1.82, 2.24) is 10.2 Å². The van der Waals surface area contributed by atoms with Crippen molar-refractivity contribution in [2.45, 2.75) is 64.0 Å². The molecule has 4 atom stereocenters. The minimum atomic E-state index is 0.841. The zero-order valence-electron chi connectivity index (χ0n) is 11.3. The molecule has 2 heteroatoms. The molecule has 98 valence electrons. The van der Waals surface area contributed by atoms with Crippen LogP contribution < -0.4 is 5.32 Å². The zero-order chi connectivity index (χ0) is 11.7. The first-order valence-electron chi connectivity index (χ1n) is 7.85. The van der Waals surface area contributed by atoms with Crippen LogP contribution in [0.3, 0.4) is 0 Å². The fourth-order valence-corrected chi connectivity index (χ4v) is 4.61. The molecule has 0 aromatic rings. The van der Waals surface area contributed by atoms with E-state index in [1.807, 2.05) is 0 Å². The highest BCUT2D eigenvalue weighted by molar-refractivity contribution is 4.98. The normalized spacial score (nSPS) is 42.2. The lowest BCUT2D eigenvalue weighted by molar-refractivity contribution is 0.0631. The molecule has 2 aliphatic carbocycles. The maximum Gasteiger partial charge on any atom is 0.0223 e. The van der Waals surface area contributed by atoms with Gasteiger partial charge in [-0.3, -0.25) is 4.90 Å². The summed E-state index contributed by atoms with van der Waals surface area (Å²) < 4.78 is 0. The zero-order valence-corrected chi connectivity index (χ0v) is 11.3. The Balaban J connectivity index is 1.62. The van der Waals surface area contributed by atoms with Crippen LogP contribution in [0.1, 0.15) is 51.9 Å². The predicted octanol–water partition coefficient (Wildman–Crippen LogP) is 2.64. The van der Waals surface area contributed by atoms with Crippen molar-refractivity contribution in [3.8, 4) is 0 Å². The summed E-state index contributed by atoms with van der Waals surface area (Å²) in [5.41, 5.74) is 0. The minimum Gasteiger partial charge on any atom is -0.315 e. The maximum absolute atomic E-state index is 3.57. The summed E-state index contributed by atoms with van der Waals surface area (Å²) in [6.45, 7) is 5.96. The fourth-order valence-electron chi connectivity index (χ4n) is 4.61. The predicted molar refractivity (Wildman–Crippen MR) is 72.1 cm³/mol. The van der Waals surface area contributed by atoms with Gasteiger partial charge in [-0.25, -0.2) is 0 Å². The van der Waals surface area contributed by atoms with Gasteiger partial charge in [-0.05, 0) is 57.0 Å². The summed E-state index contributed by atoms with van der Waals surface area (Å²) >= 11 is 0. The maximum atomic E-state index is 3.57. The van der Waals surface area contributed by atoms with E-state index >= 15 is 0 Å². The van der Waals surface area contributed by atoms with E-state index in [1.165, 1.54) is 51.6 Å². The van der Waals surface area contributed by atoms with E-state index in [9.17, 15) is 0 Å². The lowest BCUT2D eigenvalue weighted by Gasteiger charge is -2.43. The van der Waals surface area contributed by atoms with Crippen LogP contribution in [0.25, 0.3) is 0 Å². The molecule has 1 aliphatic heterocycles. The first-order valence-corrected chi connectivity index (χ1v) is 7.85. The Hall–Kier alpha value is -0.0800. The van der Waals surface area contributed by atoms with Crippen LogP contribution in [0.15, 0.2) is 0 Å². The molecule has 0 amide bonds. The van der Waals surface area contributed by atoms with Gasteiger partial charge in [0.15, 0.2) is 0 Å². The van der Waals surface area contributed by atoms with Crippen molar-refractivity contribution in [3.05, 3.63) is 0 Å². The van der Waals surface area contributed by atoms with E-state index < -0.39 is 0 Å². The summed E-state index contributed by atoms with van der Waals surface area (Å²) in [7, 11) is 0. The Labute approximate surface area is 106 Å². The van der Waals surface area contributed by atoms with Crippen molar-refractivity contribution in [3.63, 3.8) is 0 Å². The average molecular weight is 236 g/mol. The van der Waals surface area contributed by atoms with Gasteiger partial charge in [-0.1, -0.05) is 19.8 Å². The quantitative estimate of drug-likeness (QED) is 0.807. The van der Waals surface area contributed by atoms with E-state index in [1.54, 1.807) is 6.42 Å². The van der Waals surface area contributed by atoms with Crippen molar-refractivity contribution in [2.24, 2.45) is 11.8 Å². The third-order valence-corrected chi connectivity index (χ3v) is 5.43. The molecule has 0 radical (unpaired) electrons. The fraction of sp³-hybridized carbons (Fsp3) is 1.00. The molecule has 1 saturated heterocycles. The molecule has 2 saturated carbocycles. The van der Waals surface area contributed by atoms with Gasteiger partial charge in [0.1, 0.15) is 0 Å². The molecule has 17 heavy (non-hydrogen) atoms. The number of hydrogen-bond acceptors (Lipinski definition) is 2. The smallest absolute Gasteiger partial charge is 0.0223 e. The van der Waals surface area contributed by atoms with Crippen LogP contribution in [0, 0.1) is 11.8 Å². The average Bonchev–Trinajstić information content (AvgIpc) is 2.99. The minimum absolute atomic E-state index is 0.841. The molecule has 1 N–H and O–H groups in total. The Morgan fingerprint density at radius 2 is 2.06 bits per heavy atom. The number of nitrogens with zero attached hydrogens (tertiary/aromatic N) is 1. The van der Waals surface area contributed by atoms with Crippen LogP contribution >= 0.6 is 0 Å². The monoisotopic (exact) mass is 236 g/mol. The van der Waals surface area contributed by atoms with Crippen molar-refractivity contribution < 1.29 is 0 Å². The van der Waals surface area contributed by atoms with Gasteiger partial charge >= 0.3 is 0 Å². The van der Waals surface area contributed by atoms with Gasteiger partial charge in [0.05, 0.1) is 0 Å². The number of fused-ring (bicyclic) bond motifs is 2. The Kier molecular flexibility index (Phi) is 3.72. The van der Waals surface area contributed by atoms with Gasteiger partial charge < -0.3 is 5.32 Å². The lowest BCUT2D eigenvalue weighted by atomic mass is 9.90. The molecule has 0 aromatic heterocycles. The molecule has 1 heterocycles. The highest BCUT2D eigenvalue weighted by atomic mass is 15.2. The number of likely N-dealkylation sites (tertiary alicyclic amines) is 1. The molecule has 3 aliphatic rings. The second-order valence-corrected chi connectivity index (χ2v) is 6.44. The van der Waals surface area contributed by atoms with Gasteiger partial charge in [0, 0.05) is 18.6 Å². The lowest BCUT2D eigenvalue weighted by Crippen LogP contribution is -2.52. The summed E-state index contributed by atoms with van der Waals surface area (Å²) in [5.74, 6) is 2.15. The molecule has 3 rings (SSSR count). The van der Waals surface area contributed by atoms with Gasteiger partial charge in [0.2, 0.25) is 0 Å². The van der Waals surface area contributed by atoms with Crippen LogP contribution in [-0.4, -0.2) is 36.6 Å². The third-order valence-electron chi connectivity index (χ3n) is 5.43. The highest BCUT2D eigenvalue weighted by Gasteiger charge is 2.44. The summed E-state index contributed by atoms with van der Waals surface area (Å²) in [4.78, 5) is 2.90. The van der Waals surface area contributed by atoms with E-state index in [4.69, 9.17) is 0 Å². The molecule has 3 fully saturated rings. The summed E-state index contributed by atoms with van der Waals surface area (Å²) in [6.07, 6.45) is 10.5. The molecule has 2 nitrogen and oxygen atoms in total. The number of rotatable bonds is 4. The Morgan fingerprint density at radius 3 is 2.76 bits per heavy atom. The van der Waals surface area contributed by atoms with E-state index in [0.29, 0.717) is 0 Å². The number of piperidine rings is 1. The second-order valence-electron chi connectivity index (χ2n) is 6.44. The van der Waals surface area contributed by atoms with Crippen LogP contribution in [-0.2, 0) is 0 Å². The number of likely N-dealkylation sites (N-methyl/N-ethyl adjacent to an activating group) is 1. The number of nitrogens with one attached hydrogen (secondary N) is 1.